The summed E-state index contributed by atoms with van der Waals surface area (Å²) in [4.78, 5) is 13.9. The van der Waals surface area contributed by atoms with Crippen LogP contribution in [0.1, 0.15) is 0 Å². The number of nitrogens with one attached hydrogen (secondary N) is 1. The van der Waals surface area contributed by atoms with Crippen LogP contribution >= 0.6 is 23.4 Å². The highest BCUT2D eigenvalue weighted by Gasteiger charge is 2.08. The minimum atomic E-state index is 0.189. The standard InChI is InChI=1S/C18H14ClN5OS/c1-24-7-6-20-18(24)26-16-5-2-12(9-14(16)19)22-17-21-10-11-8-13(25)3-4-15(11)23-17/h2-10,25H,1H3,(H,21,22,23). The molecular weight excluding hydrogens is 370 g/mol. The van der Waals surface area contributed by atoms with Crippen LogP contribution in [0.2, 0.25) is 5.02 Å². The van der Waals surface area contributed by atoms with Crippen LogP contribution in [0.5, 0.6) is 5.75 Å². The Morgan fingerprint density at radius 1 is 1.15 bits per heavy atom. The van der Waals surface area contributed by atoms with Crippen molar-refractivity contribution >= 4 is 45.9 Å². The lowest BCUT2D eigenvalue weighted by atomic mass is 10.2. The average molecular weight is 384 g/mol. The number of phenols is 1. The van der Waals surface area contributed by atoms with Crippen LogP contribution in [0.4, 0.5) is 11.6 Å². The Hall–Kier alpha value is -2.77. The van der Waals surface area contributed by atoms with Crippen molar-refractivity contribution < 1.29 is 5.11 Å². The Labute approximate surface area is 158 Å². The molecule has 0 aliphatic carbocycles. The number of benzene rings is 2. The molecule has 0 amide bonds. The van der Waals surface area contributed by atoms with Crippen molar-refractivity contribution in [1.29, 1.82) is 0 Å². The summed E-state index contributed by atoms with van der Waals surface area (Å²) in [5.41, 5.74) is 1.53. The molecule has 0 fully saturated rings. The smallest absolute Gasteiger partial charge is 0.227 e. The van der Waals surface area contributed by atoms with Gasteiger partial charge in [-0.15, -0.1) is 0 Å². The van der Waals surface area contributed by atoms with Gasteiger partial charge < -0.3 is 15.0 Å². The van der Waals surface area contributed by atoms with Gasteiger partial charge in [-0.3, -0.25) is 0 Å². The molecule has 0 saturated carbocycles. The van der Waals surface area contributed by atoms with Gasteiger partial charge in [-0.1, -0.05) is 23.4 Å². The summed E-state index contributed by atoms with van der Waals surface area (Å²) in [6, 6.07) is 10.7. The molecule has 0 atom stereocenters. The van der Waals surface area contributed by atoms with Crippen LogP contribution in [-0.4, -0.2) is 24.6 Å². The van der Waals surface area contributed by atoms with Crippen LogP contribution in [0.15, 0.2) is 65.0 Å². The molecule has 2 N–H and O–H groups in total. The lowest BCUT2D eigenvalue weighted by molar-refractivity contribution is 0.476. The van der Waals surface area contributed by atoms with Crippen LogP contribution in [0.3, 0.4) is 0 Å². The fraction of sp³-hybridized carbons (Fsp3) is 0.0556. The van der Waals surface area contributed by atoms with E-state index >= 15 is 0 Å². The summed E-state index contributed by atoms with van der Waals surface area (Å²) in [6.45, 7) is 0. The largest absolute Gasteiger partial charge is 0.508 e. The van der Waals surface area contributed by atoms with Crippen molar-refractivity contribution in [3.8, 4) is 5.75 Å². The molecule has 0 spiro atoms. The SMILES string of the molecule is Cn1ccnc1Sc1ccc(Nc2ncc3cc(O)ccc3n2)cc1Cl. The van der Waals surface area contributed by atoms with Gasteiger partial charge in [0, 0.05) is 41.6 Å². The first-order chi connectivity index (χ1) is 12.6. The first-order valence-corrected chi connectivity index (χ1v) is 8.95. The predicted octanol–water partition coefficient (Wildman–Crippen LogP) is 4.62. The monoisotopic (exact) mass is 383 g/mol. The molecule has 4 aromatic rings. The second kappa shape index (κ2) is 6.86. The number of phenolic OH excluding ortho intramolecular Hbond substituents is 1. The van der Waals surface area contributed by atoms with E-state index in [4.69, 9.17) is 11.6 Å². The zero-order valence-electron chi connectivity index (χ0n) is 13.7. The first kappa shape index (κ1) is 16.7. The van der Waals surface area contributed by atoms with E-state index in [9.17, 15) is 5.11 Å². The molecule has 0 aliphatic heterocycles. The van der Waals surface area contributed by atoms with Crippen LogP contribution in [-0.2, 0) is 7.05 Å². The fourth-order valence-corrected chi connectivity index (χ4v) is 3.52. The minimum Gasteiger partial charge on any atom is -0.508 e. The third-order valence-electron chi connectivity index (χ3n) is 3.73. The molecule has 2 heterocycles. The normalized spacial score (nSPS) is 11.0. The highest BCUT2D eigenvalue weighted by molar-refractivity contribution is 7.99. The van der Waals surface area contributed by atoms with Gasteiger partial charge in [0.25, 0.3) is 0 Å². The maximum absolute atomic E-state index is 9.51. The Balaban J connectivity index is 1.56. The minimum absolute atomic E-state index is 0.189. The van der Waals surface area contributed by atoms with E-state index < -0.39 is 0 Å². The van der Waals surface area contributed by atoms with Crippen LogP contribution < -0.4 is 5.32 Å². The third-order valence-corrected chi connectivity index (χ3v) is 5.31. The summed E-state index contributed by atoms with van der Waals surface area (Å²) in [7, 11) is 1.94. The van der Waals surface area contributed by atoms with E-state index in [0.717, 1.165) is 26.6 Å². The van der Waals surface area contributed by atoms with Crippen molar-refractivity contribution in [2.24, 2.45) is 7.05 Å². The summed E-state index contributed by atoms with van der Waals surface area (Å²) < 4.78 is 1.94. The molecular formula is C18H14ClN5OS. The van der Waals surface area contributed by atoms with Gasteiger partial charge in [0.15, 0.2) is 5.16 Å². The Bertz CT molecular complexity index is 1100. The van der Waals surface area contributed by atoms with Crippen molar-refractivity contribution in [2.45, 2.75) is 10.1 Å². The number of halogens is 1. The second-order valence-electron chi connectivity index (χ2n) is 5.63. The molecule has 26 heavy (non-hydrogen) atoms. The van der Waals surface area contributed by atoms with Gasteiger partial charge >= 0.3 is 0 Å². The highest BCUT2D eigenvalue weighted by Crippen LogP contribution is 2.34. The van der Waals surface area contributed by atoms with Gasteiger partial charge in [0.2, 0.25) is 5.95 Å². The molecule has 2 aromatic heterocycles. The number of anilines is 2. The molecule has 6 nitrogen and oxygen atoms in total. The van der Waals surface area contributed by atoms with Gasteiger partial charge in [-0.2, -0.15) is 0 Å². The molecule has 8 heteroatoms. The molecule has 0 aliphatic rings. The summed E-state index contributed by atoms with van der Waals surface area (Å²) in [5.74, 6) is 0.651. The Kier molecular flexibility index (Phi) is 4.40. The predicted molar refractivity (Wildman–Crippen MR) is 103 cm³/mol. The number of nitrogens with zero attached hydrogens (tertiary/aromatic N) is 4. The number of aromatic hydroxyl groups is 1. The molecule has 2 aromatic carbocycles. The third kappa shape index (κ3) is 3.44. The number of hydrogen-bond donors (Lipinski definition) is 2. The van der Waals surface area contributed by atoms with Gasteiger partial charge in [-0.25, -0.2) is 15.0 Å². The van der Waals surface area contributed by atoms with E-state index in [1.54, 1.807) is 30.6 Å². The van der Waals surface area contributed by atoms with Gasteiger partial charge in [-0.05, 0) is 36.4 Å². The maximum atomic E-state index is 9.51. The lowest BCUT2D eigenvalue weighted by Crippen LogP contribution is -1.97. The average Bonchev–Trinajstić information content (AvgIpc) is 3.02. The Morgan fingerprint density at radius 3 is 2.81 bits per heavy atom. The highest BCUT2D eigenvalue weighted by atomic mass is 35.5. The topological polar surface area (TPSA) is 75.9 Å². The van der Waals surface area contributed by atoms with Crippen molar-refractivity contribution in [3.05, 3.63) is 60.0 Å². The van der Waals surface area contributed by atoms with E-state index in [1.165, 1.54) is 11.8 Å². The number of rotatable bonds is 4. The van der Waals surface area contributed by atoms with E-state index in [-0.39, 0.29) is 5.75 Å². The van der Waals surface area contributed by atoms with Crippen molar-refractivity contribution in [1.82, 2.24) is 19.5 Å². The first-order valence-electron chi connectivity index (χ1n) is 7.76. The van der Waals surface area contributed by atoms with E-state index in [2.05, 4.69) is 20.3 Å². The maximum Gasteiger partial charge on any atom is 0.227 e. The van der Waals surface area contributed by atoms with Crippen LogP contribution in [0.25, 0.3) is 10.9 Å². The van der Waals surface area contributed by atoms with Crippen LogP contribution in [0, 0.1) is 0 Å². The molecule has 130 valence electrons. The van der Waals surface area contributed by atoms with E-state index in [0.29, 0.717) is 11.0 Å². The molecule has 4 rings (SSSR count). The molecule has 0 radical (unpaired) electrons. The van der Waals surface area contributed by atoms with E-state index in [1.807, 2.05) is 36.0 Å². The zero-order chi connectivity index (χ0) is 18.1. The summed E-state index contributed by atoms with van der Waals surface area (Å²) in [6.07, 6.45) is 5.31. The fourth-order valence-electron chi connectivity index (χ4n) is 2.42. The number of aryl methyl sites for hydroxylation is 1. The number of imidazole rings is 1. The quantitative estimate of drug-likeness (QED) is 0.535. The van der Waals surface area contributed by atoms with Gasteiger partial charge in [0.1, 0.15) is 5.75 Å². The number of fused-ring (bicyclic) bond motifs is 1. The molecule has 0 saturated heterocycles. The molecule has 0 unspecified atom stereocenters. The lowest BCUT2D eigenvalue weighted by Gasteiger charge is -2.09. The Morgan fingerprint density at radius 2 is 2.04 bits per heavy atom. The van der Waals surface area contributed by atoms with Crippen molar-refractivity contribution in [2.75, 3.05) is 5.32 Å². The summed E-state index contributed by atoms with van der Waals surface area (Å²) in [5, 5.41) is 14.9. The number of aromatic nitrogens is 4. The number of hydrogen-bond acceptors (Lipinski definition) is 6. The zero-order valence-corrected chi connectivity index (χ0v) is 15.3. The van der Waals surface area contributed by atoms with Crippen molar-refractivity contribution in [3.63, 3.8) is 0 Å². The summed E-state index contributed by atoms with van der Waals surface area (Å²) >= 11 is 7.91. The van der Waals surface area contributed by atoms with Gasteiger partial charge in [0.05, 0.1) is 10.5 Å². The molecule has 0 bridgehead atoms. The second-order valence-corrected chi connectivity index (χ2v) is 7.05.